The van der Waals surface area contributed by atoms with Gasteiger partial charge in [-0.25, -0.2) is 4.79 Å². The summed E-state index contributed by atoms with van der Waals surface area (Å²) in [6, 6.07) is 7.09. The molecule has 2 amide bonds. The molecule has 5 nitrogen and oxygen atoms in total. The van der Waals surface area contributed by atoms with Crippen LogP contribution in [0.15, 0.2) is 28.7 Å². The van der Waals surface area contributed by atoms with Gasteiger partial charge >= 0.3 is 12.0 Å². The summed E-state index contributed by atoms with van der Waals surface area (Å²) < 4.78 is 0.936. The molecule has 0 bridgehead atoms. The van der Waals surface area contributed by atoms with E-state index >= 15 is 0 Å². The molecule has 0 aromatic heterocycles. The van der Waals surface area contributed by atoms with Gasteiger partial charge in [-0.05, 0) is 30.5 Å². The Hall–Kier alpha value is -1.56. The van der Waals surface area contributed by atoms with Crippen LogP contribution in [0.2, 0.25) is 0 Å². The molecule has 0 saturated heterocycles. The molecule has 1 rings (SSSR count). The SMILES string of the molecule is CC(C)CN(CC(=O)O)C(=O)NC(C)c1cccc(Br)c1. The van der Waals surface area contributed by atoms with Crippen molar-refractivity contribution in [1.29, 1.82) is 0 Å². The third-order valence-electron chi connectivity index (χ3n) is 2.89. The van der Waals surface area contributed by atoms with E-state index in [2.05, 4.69) is 21.2 Å². The number of hydrogen-bond donors (Lipinski definition) is 2. The molecule has 2 N–H and O–H groups in total. The Labute approximate surface area is 133 Å². The number of urea groups is 1. The first-order chi connectivity index (χ1) is 9.79. The summed E-state index contributed by atoms with van der Waals surface area (Å²) in [5.41, 5.74) is 0.956. The quantitative estimate of drug-likeness (QED) is 0.821. The molecule has 6 heteroatoms. The lowest BCUT2D eigenvalue weighted by Gasteiger charge is -2.25. The highest BCUT2D eigenvalue weighted by atomic mass is 79.9. The summed E-state index contributed by atoms with van der Waals surface area (Å²) in [4.78, 5) is 24.4. The van der Waals surface area contributed by atoms with E-state index in [4.69, 9.17) is 5.11 Å². The summed E-state index contributed by atoms with van der Waals surface area (Å²) in [5.74, 6) is -0.808. The van der Waals surface area contributed by atoms with Crippen molar-refractivity contribution in [2.45, 2.75) is 26.8 Å². The Bertz CT molecular complexity index is 505. The number of hydrogen-bond acceptors (Lipinski definition) is 2. The maximum atomic E-state index is 12.2. The first-order valence-corrected chi connectivity index (χ1v) is 7.61. The average Bonchev–Trinajstić information content (AvgIpc) is 2.36. The normalized spacial score (nSPS) is 12.0. The van der Waals surface area contributed by atoms with E-state index in [1.54, 1.807) is 0 Å². The highest BCUT2D eigenvalue weighted by molar-refractivity contribution is 9.10. The molecular weight excluding hydrogens is 336 g/mol. The molecule has 0 aliphatic rings. The zero-order chi connectivity index (χ0) is 16.0. The molecule has 0 aliphatic heterocycles. The number of rotatable bonds is 6. The molecule has 1 unspecified atom stereocenters. The largest absolute Gasteiger partial charge is 0.480 e. The molecule has 0 aliphatic carbocycles. The van der Waals surface area contributed by atoms with Gasteiger partial charge in [0.25, 0.3) is 0 Å². The van der Waals surface area contributed by atoms with Crippen LogP contribution >= 0.6 is 15.9 Å². The fourth-order valence-corrected chi connectivity index (χ4v) is 2.38. The van der Waals surface area contributed by atoms with Crippen LogP contribution in [-0.4, -0.2) is 35.1 Å². The van der Waals surface area contributed by atoms with Gasteiger partial charge in [0.2, 0.25) is 0 Å². The van der Waals surface area contributed by atoms with E-state index in [1.807, 2.05) is 45.0 Å². The first kappa shape index (κ1) is 17.5. The lowest BCUT2D eigenvalue weighted by molar-refractivity contribution is -0.137. The number of amides is 2. The van der Waals surface area contributed by atoms with Crippen LogP contribution in [0.4, 0.5) is 4.79 Å². The summed E-state index contributed by atoms with van der Waals surface area (Å²) in [5, 5.41) is 11.7. The van der Waals surface area contributed by atoms with Crippen molar-refractivity contribution in [3.05, 3.63) is 34.3 Å². The van der Waals surface area contributed by atoms with Crippen molar-refractivity contribution in [3.63, 3.8) is 0 Å². The number of halogens is 1. The topological polar surface area (TPSA) is 69.6 Å². The number of carbonyl (C=O) groups excluding carboxylic acids is 1. The predicted molar refractivity (Wildman–Crippen MR) is 85.1 cm³/mol. The van der Waals surface area contributed by atoms with E-state index in [0.717, 1.165) is 10.0 Å². The predicted octanol–water partition coefficient (Wildman–Crippen LogP) is 3.26. The van der Waals surface area contributed by atoms with Crippen LogP contribution in [0.1, 0.15) is 32.4 Å². The van der Waals surface area contributed by atoms with Crippen molar-refractivity contribution in [1.82, 2.24) is 10.2 Å². The van der Waals surface area contributed by atoms with Crippen LogP contribution in [0.25, 0.3) is 0 Å². The van der Waals surface area contributed by atoms with Crippen molar-refractivity contribution >= 4 is 27.9 Å². The minimum atomic E-state index is -1.01. The van der Waals surface area contributed by atoms with Crippen molar-refractivity contribution < 1.29 is 14.7 Å². The Morgan fingerprint density at radius 2 is 2.00 bits per heavy atom. The monoisotopic (exact) mass is 356 g/mol. The number of benzene rings is 1. The number of carboxylic acid groups (broad SMARTS) is 1. The maximum Gasteiger partial charge on any atom is 0.323 e. The summed E-state index contributed by atoms with van der Waals surface area (Å²) in [7, 11) is 0. The molecular formula is C15H21BrN2O3. The minimum Gasteiger partial charge on any atom is -0.480 e. The van der Waals surface area contributed by atoms with Crippen LogP contribution in [0, 0.1) is 5.92 Å². The van der Waals surface area contributed by atoms with Gasteiger partial charge in [0.1, 0.15) is 6.54 Å². The molecule has 0 saturated carbocycles. The number of carbonyl (C=O) groups is 2. The second kappa shape index (κ2) is 8.02. The van der Waals surface area contributed by atoms with Gasteiger partial charge in [-0.2, -0.15) is 0 Å². The molecule has 0 spiro atoms. The minimum absolute atomic E-state index is 0.196. The standard InChI is InChI=1S/C15H21BrN2O3/c1-10(2)8-18(9-14(19)20)15(21)17-11(3)12-5-4-6-13(16)7-12/h4-7,10-11H,8-9H2,1-3H3,(H,17,21)(H,19,20). The van der Waals surface area contributed by atoms with Crippen molar-refractivity contribution in [3.8, 4) is 0 Å². The summed E-state index contributed by atoms with van der Waals surface area (Å²) >= 11 is 3.39. The third-order valence-corrected chi connectivity index (χ3v) is 3.38. The number of aliphatic carboxylic acids is 1. The van der Waals surface area contributed by atoms with Gasteiger partial charge in [0, 0.05) is 11.0 Å². The Balaban J connectivity index is 2.73. The second-order valence-corrected chi connectivity index (χ2v) is 6.31. The zero-order valence-electron chi connectivity index (χ0n) is 12.5. The maximum absolute atomic E-state index is 12.2. The Morgan fingerprint density at radius 1 is 1.33 bits per heavy atom. The van der Waals surface area contributed by atoms with Crippen LogP contribution < -0.4 is 5.32 Å². The fraction of sp³-hybridized carbons (Fsp3) is 0.467. The van der Waals surface area contributed by atoms with Gasteiger partial charge in [0.15, 0.2) is 0 Å². The smallest absolute Gasteiger partial charge is 0.323 e. The van der Waals surface area contributed by atoms with Crippen LogP contribution in [0.3, 0.4) is 0 Å². The van der Waals surface area contributed by atoms with Crippen molar-refractivity contribution in [2.24, 2.45) is 5.92 Å². The molecule has 0 heterocycles. The van der Waals surface area contributed by atoms with Crippen LogP contribution in [0.5, 0.6) is 0 Å². The summed E-state index contributed by atoms with van der Waals surface area (Å²) in [6.45, 7) is 5.87. The van der Waals surface area contributed by atoms with Gasteiger partial charge in [0.05, 0.1) is 6.04 Å². The van der Waals surface area contributed by atoms with E-state index < -0.39 is 5.97 Å². The summed E-state index contributed by atoms with van der Waals surface area (Å²) in [6.07, 6.45) is 0. The van der Waals surface area contributed by atoms with E-state index in [9.17, 15) is 9.59 Å². The number of carboxylic acids is 1. The molecule has 1 aromatic carbocycles. The molecule has 0 radical (unpaired) electrons. The third kappa shape index (κ3) is 6.16. The molecule has 1 atom stereocenters. The van der Waals surface area contributed by atoms with Gasteiger partial charge < -0.3 is 15.3 Å². The number of nitrogens with zero attached hydrogens (tertiary/aromatic N) is 1. The lowest BCUT2D eigenvalue weighted by Crippen LogP contribution is -2.45. The zero-order valence-corrected chi connectivity index (χ0v) is 14.1. The second-order valence-electron chi connectivity index (χ2n) is 5.39. The Morgan fingerprint density at radius 3 is 2.52 bits per heavy atom. The number of nitrogens with one attached hydrogen (secondary N) is 1. The van der Waals surface area contributed by atoms with Gasteiger partial charge in [-0.15, -0.1) is 0 Å². The highest BCUT2D eigenvalue weighted by Crippen LogP contribution is 2.18. The molecule has 21 heavy (non-hydrogen) atoms. The molecule has 1 aromatic rings. The lowest BCUT2D eigenvalue weighted by atomic mass is 10.1. The molecule has 0 fully saturated rings. The van der Waals surface area contributed by atoms with Crippen molar-refractivity contribution in [2.75, 3.05) is 13.1 Å². The fourth-order valence-electron chi connectivity index (χ4n) is 1.96. The highest BCUT2D eigenvalue weighted by Gasteiger charge is 2.20. The van der Waals surface area contributed by atoms with Crippen LogP contribution in [-0.2, 0) is 4.79 Å². The van der Waals surface area contributed by atoms with E-state index in [-0.39, 0.29) is 24.5 Å². The van der Waals surface area contributed by atoms with E-state index in [1.165, 1.54) is 4.90 Å². The van der Waals surface area contributed by atoms with Gasteiger partial charge in [-0.3, -0.25) is 4.79 Å². The average molecular weight is 357 g/mol. The molecule has 116 valence electrons. The van der Waals surface area contributed by atoms with E-state index in [0.29, 0.717) is 6.54 Å². The van der Waals surface area contributed by atoms with Gasteiger partial charge in [-0.1, -0.05) is 41.9 Å². The first-order valence-electron chi connectivity index (χ1n) is 6.82. The Kier molecular flexibility index (Phi) is 6.68.